The van der Waals surface area contributed by atoms with Crippen LogP contribution in [0.25, 0.3) is 6.08 Å². The highest BCUT2D eigenvalue weighted by Crippen LogP contribution is 2.24. The second kappa shape index (κ2) is 10.3. The summed E-state index contributed by atoms with van der Waals surface area (Å²) in [6.45, 7) is 2.68. The number of nitrogens with one attached hydrogen (secondary N) is 1. The lowest BCUT2D eigenvalue weighted by atomic mass is 9.97. The first-order valence-corrected chi connectivity index (χ1v) is 12.3. The van der Waals surface area contributed by atoms with E-state index in [2.05, 4.69) is 14.6 Å². The van der Waals surface area contributed by atoms with Gasteiger partial charge in [-0.15, -0.1) is 0 Å². The van der Waals surface area contributed by atoms with Gasteiger partial charge in [0, 0.05) is 36.9 Å². The van der Waals surface area contributed by atoms with E-state index in [9.17, 15) is 8.42 Å². The fourth-order valence-corrected chi connectivity index (χ4v) is 4.55. The Kier molecular flexibility index (Phi) is 7.07. The monoisotopic (exact) mass is 449 g/mol. The molecule has 1 aromatic heterocycles. The number of benzene rings is 2. The van der Waals surface area contributed by atoms with Gasteiger partial charge < -0.3 is 9.64 Å². The molecule has 0 bridgehead atoms. The molecule has 6 nitrogen and oxygen atoms in total. The summed E-state index contributed by atoms with van der Waals surface area (Å²) in [6, 6.07) is 20.4. The molecule has 2 heterocycles. The van der Waals surface area contributed by atoms with Crippen LogP contribution in [0.3, 0.4) is 0 Å². The predicted molar refractivity (Wildman–Crippen MR) is 129 cm³/mol. The Bertz CT molecular complexity index is 1110. The molecule has 0 atom stereocenters. The fourth-order valence-electron chi connectivity index (χ4n) is 3.68. The molecule has 3 aromatic rings. The highest BCUT2D eigenvalue weighted by atomic mass is 32.2. The van der Waals surface area contributed by atoms with Crippen LogP contribution in [-0.2, 0) is 10.0 Å². The van der Waals surface area contributed by atoms with E-state index in [0.29, 0.717) is 18.2 Å². The van der Waals surface area contributed by atoms with Crippen molar-refractivity contribution in [1.29, 1.82) is 0 Å². The third-order valence-electron chi connectivity index (χ3n) is 5.48. The maximum atomic E-state index is 12.3. The van der Waals surface area contributed by atoms with Gasteiger partial charge in [-0.1, -0.05) is 30.3 Å². The molecule has 4 rings (SSSR count). The maximum absolute atomic E-state index is 12.3. The number of piperidine rings is 1. The van der Waals surface area contributed by atoms with Crippen LogP contribution >= 0.6 is 0 Å². The number of nitrogens with zero attached hydrogens (tertiary/aromatic N) is 2. The summed E-state index contributed by atoms with van der Waals surface area (Å²) in [6.07, 6.45) is 7.38. The lowest BCUT2D eigenvalue weighted by Gasteiger charge is -2.33. The van der Waals surface area contributed by atoms with Crippen LogP contribution in [0.1, 0.15) is 18.4 Å². The molecule has 2 aromatic carbocycles. The van der Waals surface area contributed by atoms with Crippen molar-refractivity contribution >= 4 is 27.5 Å². The van der Waals surface area contributed by atoms with Crippen molar-refractivity contribution < 1.29 is 13.2 Å². The van der Waals surface area contributed by atoms with E-state index in [1.54, 1.807) is 30.3 Å². The molecule has 0 unspecified atom stereocenters. The van der Waals surface area contributed by atoms with Crippen LogP contribution in [0.2, 0.25) is 0 Å². The minimum absolute atomic E-state index is 0.501. The van der Waals surface area contributed by atoms with Crippen LogP contribution in [0, 0.1) is 5.92 Å². The first kappa shape index (κ1) is 21.9. The molecule has 0 saturated carbocycles. The molecule has 32 heavy (non-hydrogen) atoms. The van der Waals surface area contributed by atoms with Gasteiger partial charge in [-0.3, -0.25) is 9.71 Å². The molecular formula is C25H27N3O3S. The Labute approximate surface area is 189 Å². The Hall–Kier alpha value is -3.32. The van der Waals surface area contributed by atoms with Gasteiger partial charge in [-0.05, 0) is 66.8 Å². The molecular weight excluding hydrogens is 422 g/mol. The van der Waals surface area contributed by atoms with Gasteiger partial charge >= 0.3 is 0 Å². The lowest BCUT2D eigenvalue weighted by Crippen LogP contribution is -2.35. The summed E-state index contributed by atoms with van der Waals surface area (Å²) in [5, 5.41) is 1.17. The van der Waals surface area contributed by atoms with E-state index >= 15 is 0 Å². The molecule has 1 N–H and O–H groups in total. The largest absolute Gasteiger partial charge is 0.493 e. The summed E-state index contributed by atoms with van der Waals surface area (Å²) in [5.41, 5.74) is 2.55. The Morgan fingerprint density at radius 1 is 0.969 bits per heavy atom. The third kappa shape index (κ3) is 6.34. The number of pyridine rings is 1. The van der Waals surface area contributed by atoms with Gasteiger partial charge in [0.15, 0.2) is 0 Å². The SMILES string of the molecule is O=S(=O)(/C=C/c1ccccc1)Nc1ccc(OCC2CCN(c3ccncc3)CC2)cc1. The molecule has 0 spiro atoms. The maximum Gasteiger partial charge on any atom is 0.255 e. The second-order valence-corrected chi connectivity index (χ2v) is 9.40. The number of anilines is 2. The Balaban J connectivity index is 1.24. The van der Waals surface area contributed by atoms with E-state index in [4.69, 9.17) is 4.74 Å². The van der Waals surface area contributed by atoms with E-state index in [0.717, 1.165) is 37.2 Å². The number of sulfonamides is 1. The highest BCUT2D eigenvalue weighted by molar-refractivity contribution is 7.95. The molecule has 1 fully saturated rings. The first-order chi connectivity index (χ1) is 15.6. The first-order valence-electron chi connectivity index (χ1n) is 10.7. The number of hydrogen-bond acceptors (Lipinski definition) is 5. The van der Waals surface area contributed by atoms with E-state index in [1.165, 1.54) is 11.1 Å². The molecule has 0 aliphatic carbocycles. The van der Waals surface area contributed by atoms with Crippen LogP contribution < -0.4 is 14.4 Å². The van der Waals surface area contributed by atoms with Crippen molar-refractivity contribution in [2.24, 2.45) is 5.92 Å². The molecule has 7 heteroatoms. The third-order valence-corrected chi connectivity index (χ3v) is 6.50. The van der Waals surface area contributed by atoms with Gasteiger partial charge in [0.1, 0.15) is 5.75 Å². The second-order valence-electron chi connectivity index (χ2n) is 7.83. The van der Waals surface area contributed by atoms with Crippen LogP contribution in [0.15, 0.2) is 84.5 Å². The molecule has 1 saturated heterocycles. The van der Waals surface area contributed by atoms with E-state index in [1.807, 2.05) is 54.9 Å². The number of ether oxygens (including phenoxy) is 1. The van der Waals surface area contributed by atoms with Crippen molar-refractivity contribution in [2.75, 3.05) is 29.3 Å². The molecule has 1 aliphatic rings. The topological polar surface area (TPSA) is 71.5 Å². The fraction of sp³-hybridized carbons (Fsp3) is 0.240. The van der Waals surface area contributed by atoms with Gasteiger partial charge in [-0.25, -0.2) is 8.42 Å². The van der Waals surface area contributed by atoms with Gasteiger partial charge in [0.2, 0.25) is 0 Å². The minimum Gasteiger partial charge on any atom is -0.493 e. The summed E-state index contributed by atoms with van der Waals surface area (Å²) in [4.78, 5) is 6.46. The molecule has 0 amide bonds. The zero-order chi connectivity index (χ0) is 22.2. The van der Waals surface area contributed by atoms with E-state index in [-0.39, 0.29) is 0 Å². The van der Waals surface area contributed by atoms with Crippen molar-refractivity contribution in [3.05, 3.63) is 90.1 Å². The van der Waals surface area contributed by atoms with Crippen LogP contribution in [-0.4, -0.2) is 33.1 Å². The number of aromatic nitrogens is 1. The quantitative estimate of drug-likeness (QED) is 0.535. The Morgan fingerprint density at radius 2 is 1.66 bits per heavy atom. The normalized spacial score (nSPS) is 15.1. The molecule has 0 radical (unpaired) electrons. The lowest BCUT2D eigenvalue weighted by molar-refractivity contribution is 0.223. The highest BCUT2D eigenvalue weighted by Gasteiger charge is 2.20. The molecule has 166 valence electrons. The number of rotatable bonds is 8. The van der Waals surface area contributed by atoms with Crippen LogP contribution in [0.4, 0.5) is 11.4 Å². The summed E-state index contributed by atoms with van der Waals surface area (Å²) in [7, 11) is -3.58. The molecule has 1 aliphatic heterocycles. The zero-order valence-corrected chi connectivity index (χ0v) is 18.6. The van der Waals surface area contributed by atoms with Gasteiger partial charge in [0.25, 0.3) is 10.0 Å². The summed E-state index contributed by atoms with van der Waals surface area (Å²) in [5.74, 6) is 1.25. The average Bonchev–Trinajstić information content (AvgIpc) is 2.84. The van der Waals surface area contributed by atoms with Crippen LogP contribution in [0.5, 0.6) is 5.75 Å². The van der Waals surface area contributed by atoms with Crippen molar-refractivity contribution in [1.82, 2.24) is 4.98 Å². The zero-order valence-electron chi connectivity index (χ0n) is 17.8. The standard InChI is InChI=1S/C25H27N3O3S/c29-32(30,19-14-21-4-2-1-3-5-21)27-23-6-8-25(9-7-23)31-20-22-12-17-28(18-13-22)24-10-15-26-16-11-24/h1-11,14-16,19,22,27H,12-13,17-18,20H2/b19-14+. The predicted octanol–water partition coefficient (Wildman–Crippen LogP) is 4.79. The van der Waals surface area contributed by atoms with Crippen molar-refractivity contribution in [2.45, 2.75) is 12.8 Å². The van der Waals surface area contributed by atoms with Gasteiger partial charge in [0.05, 0.1) is 12.0 Å². The van der Waals surface area contributed by atoms with Crippen molar-refractivity contribution in [3.63, 3.8) is 0 Å². The van der Waals surface area contributed by atoms with Gasteiger partial charge in [-0.2, -0.15) is 0 Å². The van der Waals surface area contributed by atoms with E-state index < -0.39 is 10.0 Å². The number of hydrogen-bond donors (Lipinski definition) is 1. The summed E-state index contributed by atoms with van der Waals surface area (Å²) < 4.78 is 33.1. The average molecular weight is 450 g/mol. The minimum atomic E-state index is -3.58. The summed E-state index contributed by atoms with van der Waals surface area (Å²) >= 11 is 0. The van der Waals surface area contributed by atoms with Crippen molar-refractivity contribution in [3.8, 4) is 5.75 Å². The Morgan fingerprint density at radius 3 is 2.34 bits per heavy atom. The smallest absolute Gasteiger partial charge is 0.255 e.